The highest BCUT2D eigenvalue weighted by Gasteiger charge is 2.06. The lowest BCUT2D eigenvalue weighted by Crippen LogP contribution is -1.87. The molecule has 2 heterocycles. The fourth-order valence-electron chi connectivity index (χ4n) is 1.16. The van der Waals surface area contributed by atoms with E-state index in [1.54, 1.807) is 23.3 Å². The summed E-state index contributed by atoms with van der Waals surface area (Å²) in [4.78, 5) is 4.00. The number of aromatic nitrogens is 3. The molecule has 13 heavy (non-hydrogen) atoms. The molecule has 0 aliphatic heterocycles. The van der Waals surface area contributed by atoms with Crippen molar-refractivity contribution in [3.05, 3.63) is 35.7 Å². The van der Waals surface area contributed by atoms with Gasteiger partial charge in [0.2, 0.25) is 0 Å². The molecule has 0 N–H and O–H groups in total. The van der Waals surface area contributed by atoms with E-state index in [4.69, 9.17) is 11.6 Å². The third-order valence-electron chi connectivity index (χ3n) is 1.72. The minimum absolute atomic E-state index is 0.649. The maximum absolute atomic E-state index is 5.97. The van der Waals surface area contributed by atoms with E-state index in [-0.39, 0.29) is 0 Å². The summed E-state index contributed by atoms with van der Waals surface area (Å²) in [6.45, 7) is 0. The van der Waals surface area contributed by atoms with Crippen molar-refractivity contribution in [2.75, 3.05) is 0 Å². The van der Waals surface area contributed by atoms with Gasteiger partial charge in [-0.25, -0.2) is 0 Å². The predicted molar refractivity (Wildman–Crippen MR) is 51.4 cm³/mol. The average molecular weight is 194 g/mol. The second kappa shape index (κ2) is 3.18. The number of hydrogen-bond acceptors (Lipinski definition) is 2. The monoisotopic (exact) mass is 193 g/mol. The van der Waals surface area contributed by atoms with Gasteiger partial charge in [0.05, 0.1) is 5.02 Å². The Hall–Kier alpha value is -1.35. The number of nitrogens with zero attached hydrogens (tertiary/aromatic N) is 3. The van der Waals surface area contributed by atoms with Crippen LogP contribution in [0.3, 0.4) is 0 Å². The molecule has 0 atom stereocenters. The van der Waals surface area contributed by atoms with Crippen LogP contribution in [0.4, 0.5) is 0 Å². The highest BCUT2D eigenvalue weighted by Crippen LogP contribution is 2.24. The molecule has 0 saturated carbocycles. The van der Waals surface area contributed by atoms with Gasteiger partial charge in [0.25, 0.3) is 0 Å². The fourth-order valence-corrected chi connectivity index (χ4v) is 1.45. The second-order valence-electron chi connectivity index (χ2n) is 2.74. The molecule has 0 unspecified atom stereocenters. The van der Waals surface area contributed by atoms with Crippen molar-refractivity contribution in [2.24, 2.45) is 7.05 Å². The molecule has 0 bridgehead atoms. The summed E-state index contributed by atoms with van der Waals surface area (Å²) >= 11 is 5.97. The molecule has 66 valence electrons. The Morgan fingerprint density at radius 1 is 1.46 bits per heavy atom. The van der Waals surface area contributed by atoms with E-state index in [1.807, 2.05) is 19.2 Å². The van der Waals surface area contributed by atoms with Gasteiger partial charge in [-0.1, -0.05) is 11.6 Å². The van der Waals surface area contributed by atoms with Crippen LogP contribution in [0, 0.1) is 0 Å². The fraction of sp³-hybridized carbons (Fsp3) is 0.111. The van der Waals surface area contributed by atoms with Crippen LogP contribution in [0.2, 0.25) is 5.02 Å². The van der Waals surface area contributed by atoms with E-state index in [2.05, 4.69) is 10.1 Å². The van der Waals surface area contributed by atoms with Crippen molar-refractivity contribution in [3.63, 3.8) is 0 Å². The maximum atomic E-state index is 5.97. The third-order valence-corrected chi connectivity index (χ3v) is 2.00. The normalized spacial score (nSPS) is 10.3. The molecule has 0 aliphatic rings. The molecule has 0 fully saturated rings. The summed E-state index contributed by atoms with van der Waals surface area (Å²) in [5, 5.41) is 4.87. The zero-order valence-electron chi connectivity index (χ0n) is 7.11. The average Bonchev–Trinajstić information content (AvgIpc) is 2.47. The molecular formula is C9H8ClN3. The molecule has 4 heteroatoms. The standard InChI is InChI=1S/C9H8ClN3/c1-13-6-8(10)9(12-13)7-3-2-4-11-5-7/h2-6H,1H3. The van der Waals surface area contributed by atoms with E-state index >= 15 is 0 Å². The Bertz CT molecular complexity index is 408. The van der Waals surface area contributed by atoms with E-state index in [9.17, 15) is 0 Å². The van der Waals surface area contributed by atoms with Crippen molar-refractivity contribution in [2.45, 2.75) is 0 Å². The first-order valence-electron chi connectivity index (χ1n) is 3.87. The Morgan fingerprint density at radius 3 is 2.85 bits per heavy atom. The first-order valence-corrected chi connectivity index (χ1v) is 4.25. The van der Waals surface area contributed by atoms with E-state index in [0.29, 0.717) is 5.02 Å². The van der Waals surface area contributed by atoms with Crippen LogP contribution >= 0.6 is 11.6 Å². The number of halogens is 1. The molecule has 0 aliphatic carbocycles. The summed E-state index contributed by atoms with van der Waals surface area (Å²) in [7, 11) is 1.84. The van der Waals surface area contributed by atoms with Crippen LogP contribution in [0.5, 0.6) is 0 Å². The number of hydrogen-bond donors (Lipinski definition) is 0. The van der Waals surface area contributed by atoms with Crippen LogP contribution in [-0.2, 0) is 7.05 Å². The second-order valence-corrected chi connectivity index (χ2v) is 3.15. The zero-order valence-corrected chi connectivity index (χ0v) is 7.86. The maximum Gasteiger partial charge on any atom is 0.112 e. The van der Waals surface area contributed by atoms with Gasteiger partial charge in [0.15, 0.2) is 0 Å². The summed E-state index contributed by atoms with van der Waals surface area (Å²) in [6, 6.07) is 3.79. The van der Waals surface area contributed by atoms with Crippen LogP contribution in [-0.4, -0.2) is 14.8 Å². The van der Waals surface area contributed by atoms with Gasteiger partial charge in [-0.2, -0.15) is 5.10 Å². The van der Waals surface area contributed by atoms with Gasteiger partial charge in [0.1, 0.15) is 5.69 Å². The van der Waals surface area contributed by atoms with Crippen LogP contribution < -0.4 is 0 Å². The molecule has 0 aromatic carbocycles. The van der Waals surface area contributed by atoms with Gasteiger partial charge in [-0.05, 0) is 12.1 Å². The number of pyridine rings is 1. The molecule has 3 nitrogen and oxygen atoms in total. The van der Waals surface area contributed by atoms with Crippen molar-refractivity contribution in [3.8, 4) is 11.3 Å². The minimum Gasteiger partial charge on any atom is -0.274 e. The van der Waals surface area contributed by atoms with Crippen LogP contribution in [0.15, 0.2) is 30.7 Å². The van der Waals surface area contributed by atoms with E-state index in [1.165, 1.54) is 0 Å². The quantitative estimate of drug-likeness (QED) is 0.695. The highest BCUT2D eigenvalue weighted by atomic mass is 35.5. The van der Waals surface area contributed by atoms with E-state index in [0.717, 1.165) is 11.3 Å². The lowest BCUT2D eigenvalue weighted by Gasteiger charge is -1.94. The first-order chi connectivity index (χ1) is 6.27. The van der Waals surface area contributed by atoms with Gasteiger partial charge in [0, 0.05) is 31.2 Å². The van der Waals surface area contributed by atoms with Crippen molar-refractivity contribution in [1.82, 2.24) is 14.8 Å². The molecule has 2 aromatic rings. The lowest BCUT2D eigenvalue weighted by molar-refractivity contribution is 0.771. The van der Waals surface area contributed by atoms with Gasteiger partial charge >= 0.3 is 0 Å². The smallest absolute Gasteiger partial charge is 0.112 e. The predicted octanol–water partition coefficient (Wildman–Crippen LogP) is 2.14. The largest absolute Gasteiger partial charge is 0.274 e. The van der Waals surface area contributed by atoms with Crippen LogP contribution in [0.25, 0.3) is 11.3 Å². The number of aryl methyl sites for hydroxylation is 1. The molecular weight excluding hydrogens is 186 g/mol. The Labute approximate surface area is 81.0 Å². The van der Waals surface area contributed by atoms with Gasteiger partial charge in [-0.3, -0.25) is 9.67 Å². The Kier molecular flexibility index (Phi) is 2.02. The van der Waals surface area contributed by atoms with Gasteiger partial charge in [-0.15, -0.1) is 0 Å². The topological polar surface area (TPSA) is 30.7 Å². The Balaban J connectivity index is 2.53. The SMILES string of the molecule is Cn1cc(Cl)c(-c2cccnc2)n1. The summed E-state index contributed by atoms with van der Waals surface area (Å²) < 4.78 is 1.69. The molecule has 0 radical (unpaired) electrons. The van der Waals surface area contributed by atoms with Crippen LogP contribution in [0.1, 0.15) is 0 Å². The summed E-state index contributed by atoms with van der Waals surface area (Å²) in [6.07, 6.45) is 5.23. The molecule has 2 rings (SSSR count). The molecule has 0 saturated heterocycles. The van der Waals surface area contributed by atoms with Crippen molar-refractivity contribution >= 4 is 11.6 Å². The minimum atomic E-state index is 0.649. The Morgan fingerprint density at radius 2 is 2.31 bits per heavy atom. The van der Waals surface area contributed by atoms with Crippen molar-refractivity contribution in [1.29, 1.82) is 0 Å². The van der Waals surface area contributed by atoms with Gasteiger partial charge < -0.3 is 0 Å². The molecule has 2 aromatic heterocycles. The van der Waals surface area contributed by atoms with E-state index < -0.39 is 0 Å². The first kappa shape index (κ1) is 8.26. The molecule has 0 spiro atoms. The molecule has 0 amide bonds. The summed E-state index contributed by atoms with van der Waals surface area (Å²) in [5.41, 5.74) is 1.71. The van der Waals surface area contributed by atoms with Crippen molar-refractivity contribution < 1.29 is 0 Å². The third kappa shape index (κ3) is 1.55. The lowest BCUT2D eigenvalue weighted by atomic mass is 10.2. The number of rotatable bonds is 1. The summed E-state index contributed by atoms with van der Waals surface area (Å²) in [5.74, 6) is 0. The highest BCUT2D eigenvalue weighted by molar-refractivity contribution is 6.32. The zero-order chi connectivity index (χ0) is 9.26.